The fourth-order valence-corrected chi connectivity index (χ4v) is 2.82. The molecule has 0 aromatic carbocycles. The first-order chi connectivity index (χ1) is 6.92. The van der Waals surface area contributed by atoms with E-state index in [-0.39, 0.29) is 0 Å². The highest BCUT2D eigenvalue weighted by Gasteiger charge is 2.23. The molecule has 0 radical (unpaired) electrons. The summed E-state index contributed by atoms with van der Waals surface area (Å²) in [6, 6.07) is 0.809. The summed E-state index contributed by atoms with van der Waals surface area (Å²) in [4.78, 5) is 5.93. The van der Waals surface area contributed by atoms with Gasteiger partial charge < -0.3 is 5.32 Å². The predicted octanol–water partition coefficient (Wildman–Crippen LogP) is 2.66. The predicted molar refractivity (Wildman–Crippen MR) is 58.6 cm³/mol. The lowest BCUT2D eigenvalue weighted by atomic mass is 9.86. The van der Waals surface area contributed by atoms with Crippen molar-refractivity contribution in [2.24, 2.45) is 0 Å². The van der Waals surface area contributed by atoms with Crippen LogP contribution in [0.15, 0.2) is 6.20 Å². The summed E-state index contributed by atoms with van der Waals surface area (Å²) in [5.74, 6) is 0.801. The molecule has 3 rings (SSSR count). The van der Waals surface area contributed by atoms with Crippen molar-refractivity contribution in [3.63, 3.8) is 0 Å². The summed E-state index contributed by atoms with van der Waals surface area (Å²) in [5, 5.41) is 4.91. The molecule has 0 spiro atoms. The maximum absolute atomic E-state index is 4.52. The summed E-state index contributed by atoms with van der Waals surface area (Å²) in [7, 11) is 0. The molecule has 76 valence electrons. The van der Waals surface area contributed by atoms with E-state index in [1.54, 1.807) is 0 Å². The van der Waals surface area contributed by atoms with Crippen molar-refractivity contribution in [2.45, 2.75) is 50.6 Å². The van der Waals surface area contributed by atoms with Gasteiger partial charge in [-0.1, -0.05) is 6.42 Å². The van der Waals surface area contributed by atoms with Gasteiger partial charge in [0.1, 0.15) is 0 Å². The van der Waals surface area contributed by atoms with E-state index in [0.29, 0.717) is 0 Å². The molecule has 2 fully saturated rings. The van der Waals surface area contributed by atoms with Gasteiger partial charge in [-0.15, -0.1) is 11.3 Å². The maximum Gasteiger partial charge on any atom is 0.0959 e. The van der Waals surface area contributed by atoms with Crippen molar-refractivity contribution in [3.05, 3.63) is 16.1 Å². The van der Waals surface area contributed by atoms with Crippen molar-refractivity contribution < 1.29 is 0 Å². The minimum Gasteiger partial charge on any atom is -0.309 e. The molecule has 0 saturated heterocycles. The molecule has 1 aromatic rings. The zero-order valence-electron chi connectivity index (χ0n) is 8.33. The van der Waals surface area contributed by atoms with Crippen LogP contribution in [0.3, 0.4) is 0 Å². The van der Waals surface area contributed by atoms with E-state index >= 15 is 0 Å². The molecule has 2 aliphatic rings. The summed E-state index contributed by atoms with van der Waals surface area (Å²) in [6.45, 7) is 1.04. The summed E-state index contributed by atoms with van der Waals surface area (Å²) < 4.78 is 0. The topological polar surface area (TPSA) is 24.9 Å². The average molecular weight is 208 g/mol. The SMILES string of the molecule is c1nc(C2CCC2)sc1CNC1CC1. The monoisotopic (exact) mass is 208 g/mol. The first kappa shape index (κ1) is 8.86. The molecule has 2 aliphatic carbocycles. The largest absolute Gasteiger partial charge is 0.309 e. The van der Waals surface area contributed by atoms with Gasteiger partial charge in [0, 0.05) is 29.6 Å². The molecule has 0 aliphatic heterocycles. The van der Waals surface area contributed by atoms with E-state index < -0.39 is 0 Å². The first-order valence-corrected chi connectivity index (χ1v) is 6.41. The molecule has 3 heteroatoms. The normalized spacial score (nSPS) is 22.3. The minimum atomic E-state index is 0.801. The second-order valence-corrected chi connectivity index (χ2v) is 5.59. The summed E-state index contributed by atoms with van der Waals surface area (Å²) in [6.07, 6.45) is 8.93. The van der Waals surface area contributed by atoms with Gasteiger partial charge in [0.05, 0.1) is 5.01 Å². The van der Waals surface area contributed by atoms with E-state index in [2.05, 4.69) is 16.5 Å². The lowest BCUT2D eigenvalue weighted by Crippen LogP contribution is -2.14. The Morgan fingerprint density at radius 3 is 2.86 bits per heavy atom. The van der Waals surface area contributed by atoms with Crippen LogP contribution in [-0.2, 0) is 6.54 Å². The van der Waals surface area contributed by atoms with Crippen LogP contribution < -0.4 is 5.32 Å². The smallest absolute Gasteiger partial charge is 0.0959 e. The van der Waals surface area contributed by atoms with Crippen LogP contribution in [0.5, 0.6) is 0 Å². The fraction of sp³-hybridized carbons (Fsp3) is 0.727. The average Bonchev–Trinajstić information content (AvgIpc) is 2.82. The third kappa shape index (κ3) is 1.84. The minimum absolute atomic E-state index is 0.801. The molecule has 1 heterocycles. The lowest BCUT2D eigenvalue weighted by Gasteiger charge is -2.22. The van der Waals surface area contributed by atoms with Gasteiger partial charge in [-0.25, -0.2) is 4.98 Å². The van der Waals surface area contributed by atoms with Crippen LogP contribution in [-0.4, -0.2) is 11.0 Å². The van der Waals surface area contributed by atoms with Gasteiger partial charge in [0.15, 0.2) is 0 Å². The highest BCUT2D eigenvalue weighted by atomic mass is 32.1. The summed E-state index contributed by atoms with van der Waals surface area (Å²) >= 11 is 1.91. The van der Waals surface area contributed by atoms with E-state index in [9.17, 15) is 0 Å². The number of nitrogens with one attached hydrogen (secondary N) is 1. The molecule has 1 aromatic heterocycles. The number of thiazole rings is 1. The molecule has 2 nitrogen and oxygen atoms in total. The van der Waals surface area contributed by atoms with Gasteiger partial charge in [-0.2, -0.15) is 0 Å². The van der Waals surface area contributed by atoms with E-state index in [1.807, 2.05) is 11.3 Å². The molecule has 14 heavy (non-hydrogen) atoms. The molecular weight excluding hydrogens is 192 g/mol. The van der Waals surface area contributed by atoms with Crippen molar-refractivity contribution in [3.8, 4) is 0 Å². The zero-order valence-corrected chi connectivity index (χ0v) is 9.15. The van der Waals surface area contributed by atoms with Crippen molar-refractivity contribution in [1.29, 1.82) is 0 Å². The molecule has 0 amide bonds. The number of aromatic nitrogens is 1. The third-order valence-corrected chi connectivity index (χ3v) is 4.33. The Balaban J connectivity index is 1.58. The Labute approximate surface area is 88.7 Å². The molecule has 0 atom stereocenters. The summed E-state index contributed by atoms with van der Waals surface area (Å²) in [5.41, 5.74) is 0. The molecule has 2 saturated carbocycles. The maximum atomic E-state index is 4.52. The Hall–Kier alpha value is -0.410. The fourth-order valence-electron chi connectivity index (χ4n) is 1.78. The van der Waals surface area contributed by atoms with Gasteiger partial charge in [0.25, 0.3) is 0 Å². The molecule has 1 N–H and O–H groups in total. The molecular formula is C11H16N2S. The number of hydrogen-bond acceptors (Lipinski definition) is 3. The van der Waals surface area contributed by atoms with Gasteiger partial charge in [-0.3, -0.25) is 0 Å². The number of nitrogens with zero attached hydrogens (tertiary/aromatic N) is 1. The standard InChI is InChI=1S/C11H16N2S/c1-2-8(3-1)11-13-7-10(14-11)6-12-9-4-5-9/h7-9,12H,1-6H2. The van der Waals surface area contributed by atoms with Crippen molar-refractivity contribution in [2.75, 3.05) is 0 Å². The van der Waals surface area contributed by atoms with E-state index in [1.165, 1.54) is 42.0 Å². The van der Waals surface area contributed by atoms with Crippen LogP contribution in [0.25, 0.3) is 0 Å². The lowest BCUT2D eigenvalue weighted by molar-refractivity contribution is 0.418. The Kier molecular flexibility index (Phi) is 2.30. The van der Waals surface area contributed by atoms with Crippen LogP contribution in [0.1, 0.15) is 47.9 Å². The Bertz CT molecular complexity index is 313. The van der Waals surface area contributed by atoms with Crippen LogP contribution in [0.2, 0.25) is 0 Å². The second-order valence-electron chi connectivity index (χ2n) is 4.45. The highest BCUT2D eigenvalue weighted by Crippen LogP contribution is 2.38. The van der Waals surface area contributed by atoms with Gasteiger partial charge in [0.2, 0.25) is 0 Å². The van der Waals surface area contributed by atoms with Crippen LogP contribution >= 0.6 is 11.3 Å². The first-order valence-electron chi connectivity index (χ1n) is 5.60. The van der Waals surface area contributed by atoms with E-state index in [0.717, 1.165) is 18.5 Å². The van der Waals surface area contributed by atoms with Gasteiger partial charge >= 0.3 is 0 Å². The van der Waals surface area contributed by atoms with Crippen molar-refractivity contribution >= 4 is 11.3 Å². The second kappa shape index (κ2) is 3.63. The van der Waals surface area contributed by atoms with Gasteiger partial charge in [-0.05, 0) is 25.7 Å². The Morgan fingerprint density at radius 2 is 2.21 bits per heavy atom. The number of rotatable bonds is 4. The van der Waals surface area contributed by atoms with E-state index in [4.69, 9.17) is 0 Å². The quantitative estimate of drug-likeness (QED) is 0.823. The number of hydrogen-bond donors (Lipinski definition) is 1. The molecule has 0 unspecified atom stereocenters. The van der Waals surface area contributed by atoms with Crippen molar-refractivity contribution in [1.82, 2.24) is 10.3 Å². The Morgan fingerprint density at radius 1 is 1.36 bits per heavy atom. The van der Waals surface area contributed by atoms with Crippen LogP contribution in [0.4, 0.5) is 0 Å². The zero-order chi connectivity index (χ0) is 9.38. The third-order valence-electron chi connectivity index (χ3n) is 3.17. The molecule has 0 bridgehead atoms. The van der Waals surface area contributed by atoms with Crippen LogP contribution in [0, 0.1) is 0 Å². The highest BCUT2D eigenvalue weighted by molar-refractivity contribution is 7.11.